The first kappa shape index (κ1) is 9.31. The molecule has 0 aromatic rings. The fraction of sp³-hybridized carbons (Fsp3) is 0.250. The summed E-state index contributed by atoms with van der Waals surface area (Å²) in [5, 5.41) is 0.525. The molecule has 0 fully saturated rings. The van der Waals surface area contributed by atoms with Crippen molar-refractivity contribution in [3.63, 3.8) is 0 Å². The minimum atomic E-state index is 0.525. The Morgan fingerprint density at radius 3 is 2.20 bits per heavy atom. The Morgan fingerprint density at radius 1 is 1.60 bits per heavy atom. The molecule has 0 bridgehead atoms. The van der Waals surface area contributed by atoms with Crippen LogP contribution in [0, 0.1) is 0 Å². The zero-order valence-electron chi connectivity index (χ0n) is 6.28. The van der Waals surface area contributed by atoms with E-state index in [4.69, 9.17) is 16.3 Å². The largest absolute Gasteiger partial charge is 0.495 e. The summed E-state index contributed by atoms with van der Waals surface area (Å²) in [7, 11) is 1.54. The number of allylic oxidation sites excluding steroid dienone is 3. The highest BCUT2D eigenvalue weighted by molar-refractivity contribution is 6.32. The summed E-state index contributed by atoms with van der Waals surface area (Å²) in [6, 6.07) is 0. The van der Waals surface area contributed by atoms with Gasteiger partial charge in [-0.2, -0.15) is 0 Å². The van der Waals surface area contributed by atoms with E-state index in [1.807, 2.05) is 6.92 Å². The molecule has 2 heteroatoms. The van der Waals surface area contributed by atoms with Crippen LogP contribution in [0.1, 0.15) is 6.92 Å². The van der Waals surface area contributed by atoms with Gasteiger partial charge in [-0.05, 0) is 18.6 Å². The summed E-state index contributed by atoms with van der Waals surface area (Å²) < 4.78 is 4.89. The van der Waals surface area contributed by atoms with E-state index in [0.29, 0.717) is 10.8 Å². The Bertz CT molecular complexity index is 180. The van der Waals surface area contributed by atoms with Gasteiger partial charge in [-0.25, -0.2) is 0 Å². The third kappa shape index (κ3) is 2.28. The van der Waals surface area contributed by atoms with Crippen LogP contribution < -0.4 is 0 Å². The highest BCUT2D eigenvalue weighted by Gasteiger charge is 1.99. The van der Waals surface area contributed by atoms with Gasteiger partial charge in [0.05, 0.1) is 12.1 Å². The van der Waals surface area contributed by atoms with Crippen molar-refractivity contribution in [1.82, 2.24) is 0 Å². The van der Waals surface area contributed by atoms with Crippen LogP contribution >= 0.6 is 11.6 Å². The molecule has 0 spiro atoms. The number of ether oxygens (including phenoxy) is 1. The molecule has 10 heavy (non-hydrogen) atoms. The molecule has 0 aromatic heterocycles. The van der Waals surface area contributed by atoms with Gasteiger partial charge in [0.15, 0.2) is 0 Å². The van der Waals surface area contributed by atoms with E-state index >= 15 is 0 Å². The SMILES string of the molecule is C=C/C(OC)=C(/Cl)C(=C)C. The van der Waals surface area contributed by atoms with Crippen LogP contribution in [0.15, 0.2) is 35.6 Å². The topological polar surface area (TPSA) is 9.23 Å². The van der Waals surface area contributed by atoms with Gasteiger partial charge in [-0.1, -0.05) is 24.8 Å². The van der Waals surface area contributed by atoms with Crippen LogP contribution in [0.25, 0.3) is 0 Å². The molecular weight excluding hydrogens is 148 g/mol. The highest BCUT2D eigenvalue weighted by Crippen LogP contribution is 2.18. The number of hydrogen-bond donors (Lipinski definition) is 0. The molecule has 0 saturated heterocycles. The van der Waals surface area contributed by atoms with Crippen molar-refractivity contribution < 1.29 is 4.74 Å². The fourth-order valence-electron chi connectivity index (χ4n) is 0.473. The maximum absolute atomic E-state index is 5.77. The fourth-order valence-corrected chi connectivity index (χ4v) is 0.627. The molecule has 0 aliphatic rings. The average Bonchev–Trinajstić information content (AvgIpc) is 1.90. The smallest absolute Gasteiger partial charge is 0.137 e. The van der Waals surface area contributed by atoms with Gasteiger partial charge in [0, 0.05) is 0 Å². The van der Waals surface area contributed by atoms with Crippen LogP contribution in [0.3, 0.4) is 0 Å². The molecule has 56 valence electrons. The Balaban J connectivity index is 4.59. The van der Waals surface area contributed by atoms with Crippen LogP contribution in [0.2, 0.25) is 0 Å². The van der Waals surface area contributed by atoms with Crippen molar-refractivity contribution in [3.8, 4) is 0 Å². The number of methoxy groups -OCH3 is 1. The molecule has 1 nitrogen and oxygen atoms in total. The van der Waals surface area contributed by atoms with Gasteiger partial charge < -0.3 is 4.74 Å². The summed E-state index contributed by atoms with van der Waals surface area (Å²) in [5.41, 5.74) is 0.776. The van der Waals surface area contributed by atoms with Gasteiger partial charge in [0.2, 0.25) is 0 Å². The van der Waals surface area contributed by atoms with E-state index < -0.39 is 0 Å². The zero-order chi connectivity index (χ0) is 8.15. The lowest BCUT2D eigenvalue weighted by Crippen LogP contribution is -1.86. The van der Waals surface area contributed by atoms with Crippen LogP contribution in [0.5, 0.6) is 0 Å². The standard InChI is InChI=1S/C8H11ClO/c1-5-7(10-4)8(9)6(2)3/h5H,1-2H2,3-4H3/b8-7-. The Hall–Kier alpha value is -0.690. The number of hydrogen-bond acceptors (Lipinski definition) is 1. The maximum Gasteiger partial charge on any atom is 0.137 e. The third-order valence-electron chi connectivity index (χ3n) is 0.996. The predicted octanol–water partition coefficient (Wildman–Crippen LogP) is 2.85. The van der Waals surface area contributed by atoms with Crippen LogP contribution in [-0.4, -0.2) is 7.11 Å². The molecule has 0 N–H and O–H groups in total. The molecule has 0 aromatic carbocycles. The van der Waals surface area contributed by atoms with E-state index in [1.54, 1.807) is 13.2 Å². The zero-order valence-corrected chi connectivity index (χ0v) is 7.03. The Kier molecular flexibility index (Phi) is 3.89. The lowest BCUT2D eigenvalue weighted by molar-refractivity contribution is 0.305. The monoisotopic (exact) mass is 158 g/mol. The summed E-state index contributed by atoms with van der Waals surface area (Å²) in [6.45, 7) is 8.99. The van der Waals surface area contributed by atoms with Crippen LogP contribution in [-0.2, 0) is 4.74 Å². The number of halogens is 1. The van der Waals surface area contributed by atoms with Crippen molar-refractivity contribution in [2.75, 3.05) is 7.11 Å². The lowest BCUT2D eigenvalue weighted by Gasteiger charge is -2.02. The van der Waals surface area contributed by atoms with Gasteiger partial charge in [0.25, 0.3) is 0 Å². The summed E-state index contributed by atoms with van der Waals surface area (Å²) in [5.74, 6) is 0.564. The van der Waals surface area contributed by atoms with Crippen molar-refractivity contribution in [2.45, 2.75) is 6.92 Å². The van der Waals surface area contributed by atoms with Gasteiger partial charge >= 0.3 is 0 Å². The normalized spacial score (nSPS) is 11.9. The summed E-state index contributed by atoms with van der Waals surface area (Å²) >= 11 is 5.77. The summed E-state index contributed by atoms with van der Waals surface area (Å²) in [4.78, 5) is 0. The second-order valence-corrected chi connectivity index (χ2v) is 2.24. The first-order valence-electron chi connectivity index (χ1n) is 2.85. The van der Waals surface area contributed by atoms with Crippen molar-refractivity contribution in [2.24, 2.45) is 0 Å². The molecule has 0 rings (SSSR count). The van der Waals surface area contributed by atoms with E-state index in [-0.39, 0.29) is 0 Å². The van der Waals surface area contributed by atoms with Gasteiger partial charge in [0.1, 0.15) is 5.76 Å². The second-order valence-electron chi connectivity index (χ2n) is 1.87. The Labute approximate surface area is 66.6 Å². The minimum absolute atomic E-state index is 0.525. The first-order chi connectivity index (χ1) is 4.63. The predicted molar refractivity (Wildman–Crippen MR) is 44.9 cm³/mol. The maximum atomic E-state index is 5.77. The van der Waals surface area contributed by atoms with E-state index in [0.717, 1.165) is 5.57 Å². The molecule has 0 aliphatic heterocycles. The minimum Gasteiger partial charge on any atom is -0.495 e. The Morgan fingerprint density at radius 2 is 2.10 bits per heavy atom. The number of rotatable bonds is 3. The van der Waals surface area contributed by atoms with Crippen molar-refractivity contribution in [3.05, 3.63) is 35.6 Å². The second kappa shape index (κ2) is 4.18. The molecule has 0 heterocycles. The molecular formula is C8H11ClO. The van der Waals surface area contributed by atoms with Crippen molar-refractivity contribution >= 4 is 11.6 Å². The summed E-state index contributed by atoms with van der Waals surface area (Å²) in [6.07, 6.45) is 1.55. The molecule has 0 unspecified atom stereocenters. The van der Waals surface area contributed by atoms with Gasteiger partial charge in [-0.3, -0.25) is 0 Å². The lowest BCUT2D eigenvalue weighted by atomic mass is 10.3. The molecule has 0 aliphatic carbocycles. The van der Waals surface area contributed by atoms with Crippen LogP contribution in [0.4, 0.5) is 0 Å². The third-order valence-corrected chi connectivity index (χ3v) is 1.51. The average molecular weight is 159 g/mol. The van der Waals surface area contributed by atoms with E-state index in [1.165, 1.54) is 0 Å². The molecule has 0 saturated carbocycles. The quantitative estimate of drug-likeness (QED) is 0.454. The highest BCUT2D eigenvalue weighted by atomic mass is 35.5. The van der Waals surface area contributed by atoms with Gasteiger partial charge in [-0.15, -0.1) is 0 Å². The molecule has 0 atom stereocenters. The van der Waals surface area contributed by atoms with Crippen molar-refractivity contribution in [1.29, 1.82) is 0 Å². The van der Waals surface area contributed by atoms with E-state index in [9.17, 15) is 0 Å². The van der Waals surface area contributed by atoms with E-state index in [2.05, 4.69) is 13.2 Å². The molecule has 0 amide bonds. The first-order valence-corrected chi connectivity index (χ1v) is 3.23. The molecule has 0 radical (unpaired) electrons.